The maximum atomic E-state index is 12.4. The number of aromatic nitrogens is 2. The highest BCUT2D eigenvalue weighted by atomic mass is 16.2. The largest absolute Gasteiger partial charge is 0.323 e. The number of fused-ring (bicyclic) bond motifs is 1. The lowest BCUT2D eigenvalue weighted by atomic mass is 9.97. The predicted octanol–water partition coefficient (Wildman–Crippen LogP) is 5.40. The van der Waals surface area contributed by atoms with E-state index in [4.69, 9.17) is 0 Å². The molecule has 0 fully saturated rings. The molecule has 0 saturated heterocycles. The summed E-state index contributed by atoms with van der Waals surface area (Å²) >= 11 is 0. The molecule has 2 N–H and O–H groups in total. The fourth-order valence-electron chi connectivity index (χ4n) is 2.85. The second kappa shape index (κ2) is 7.52. The van der Waals surface area contributed by atoms with E-state index in [-0.39, 0.29) is 6.03 Å². The van der Waals surface area contributed by atoms with Gasteiger partial charge in [-0.3, -0.25) is 0 Å². The number of aryl methyl sites for hydroxylation is 2. The molecule has 5 nitrogen and oxygen atoms in total. The van der Waals surface area contributed by atoms with Crippen molar-refractivity contribution >= 4 is 28.4 Å². The van der Waals surface area contributed by atoms with Crippen molar-refractivity contribution in [1.82, 2.24) is 9.97 Å². The summed E-state index contributed by atoms with van der Waals surface area (Å²) in [5, 5.41) is 5.84. The van der Waals surface area contributed by atoms with Crippen LogP contribution in [0.3, 0.4) is 0 Å². The number of carbonyl (C=O) groups excluding carboxylic acids is 1. The standard InChI is InChI=1S/C21H24N4O/c1-5-13(2)17-8-6-7-9-18(17)25-21(26)24-16-10-11-19-20(12-16)23-15(4)14(3)22-19/h6-13H,5H2,1-4H3,(H2,24,25,26). The third-order valence-electron chi connectivity index (χ3n) is 4.69. The summed E-state index contributed by atoms with van der Waals surface area (Å²) in [7, 11) is 0. The Morgan fingerprint density at radius 1 is 1.00 bits per heavy atom. The second-order valence-corrected chi connectivity index (χ2v) is 6.57. The van der Waals surface area contributed by atoms with E-state index in [0.717, 1.165) is 40.1 Å². The number of para-hydroxylation sites is 1. The Balaban J connectivity index is 1.78. The van der Waals surface area contributed by atoms with E-state index in [9.17, 15) is 4.79 Å². The molecule has 1 aromatic heterocycles. The molecule has 1 heterocycles. The van der Waals surface area contributed by atoms with E-state index < -0.39 is 0 Å². The summed E-state index contributed by atoms with van der Waals surface area (Å²) in [5.41, 5.74) is 6.06. The lowest BCUT2D eigenvalue weighted by Gasteiger charge is -2.16. The minimum absolute atomic E-state index is 0.267. The van der Waals surface area contributed by atoms with Gasteiger partial charge in [-0.05, 0) is 56.0 Å². The van der Waals surface area contributed by atoms with Crippen LogP contribution >= 0.6 is 0 Å². The van der Waals surface area contributed by atoms with E-state index in [1.807, 2.05) is 50.2 Å². The van der Waals surface area contributed by atoms with Crippen molar-refractivity contribution in [1.29, 1.82) is 0 Å². The molecule has 3 rings (SSSR count). The number of benzene rings is 2. The Bertz CT molecular complexity index is 952. The fraction of sp³-hybridized carbons (Fsp3) is 0.286. The number of nitrogens with zero attached hydrogens (tertiary/aromatic N) is 2. The first kappa shape index (κ1) is 17.9. The number of nitrogens with one attached hydrogen (secondary N) is 2. The van der Waals surface area contributed by atoms with Gasteiger partial charge in [0.2, 0.25) is 0 Å². The van der Waals surface area contributed by atoms with Gasteiger partial charge in [-0.15, -0.1) is 0 Å². The van der Waals surface area contributed by atoms with Crippen molar-refractivity contribution in [3.63, 3.8) is 0 Å². The van der Waals surface area contributed by atoms with Crippen LogP contribution in [0.2, 0.25) is 0 Å². The van der Waals surface area contributed by atoms with Crippen molar-refractivity contribution in [2.45, 2.75) is 40.0 Å². The smallest absolute Gasteiger partial charge is 0.308 e. The van der Waals surface area contributed by atoms with Gasteiger partial charge in [-0.2, -0.15) is 0 Å². The Morgan fingerprint density at radius 2 is 1.69 bits per heavy atom. The number of hydrogen-bond acceptors (Lipinski definition) is 3. The quantitative estimate of drug-likeness (QED) is 0.663. The lowest BCUT2D eigenvalue weighted by Crippen LogP contribution is -2.20. The zero-order chi connectivity index (χ0) is 18.7. The SMILES string of the molecule is CCC(C)c1ccccc1NC(=O)Nc1ccc2nc(C)c(C)nc2c1. The molecule has 26 heavy (non-hydrogen) atoms. The zero-order valence-electron chi connectivity index (χ0n) is 15.6. The van der Waals surface area contributed by atoms with Crippen LogP contribution in [-0.4, -0.2) is 16.0 Å². The highest BCUT2D eigenvalue weighted by Crippen LogP contribution is 2.26. The summed E-state index contributed by atoms with van der Waals surface area (Å²) in [5.74, 6) is 0.383. The predicted molar refractivity (Wildman–Crippen MR) is 107 cm³/mol. The van der Waals surface area contributed by atoms with Gasteiger partial charge in [0.05, 0.1) is 22.4 Å². The number of carbonyl (C=O) groups is 1. The maximum Gasteiger partial charge on any atom is 0.323 e. The van der Waals surface area contributed by atoms with Crippen LogP contribution in [0.4, 0.5) is 16.2 Å². The van der Waals surface area contributed by atoms with Gasteiger partial charge >= 0.3 is 6.03 Å². The van der Waals surface area contributed by atoms with E-state index in [0.29, 0.717) is 11.6 Å². The maximum absolute atomic E-state index is 12.4. The monoisotopic (exact) mass is 348 g/mol. The zero-order valence-corrected chi connectivity index (χ0v) is 15.6. The molecule has 0 radical (unpaired) electrons. The third-order valence-corrected chi connectivity index (χ3v) is 4.69. The van der Waals surface area contributed by atoms with Crippen LogP contribution in [0.5, 0.6) is 0 Å². The van der Waals surface area contributed by atoms with Crippen LogP contribution in [0, 0.1) is 13.8 Å². The summed E-state index contributed by atoms with van der Waals surface area (Å²) < 4.78 is 0. The van der Waals surface area contributed by atoms with Gasteiger partial charge in [-0.25, -0.2) is 14.8 Å². The Kier molecular flexibility index (Phi) is 5.16. The number of anilines is 2. The highest BCUT2D eigenvalue weighted by molar-refractivity contribution is 6.01. The van der Waals surface area contributed by atoms with Crippen molar-refractivity contribution < 1.29 is 4.79 Å². The highest BCUT2D eigenvalue weighted by Gasteiger charge is 2.11. The molecule has 2 amide bonds. The molecule has 2 aromatic carbocycles. The molecule has 3 aromatic rings. The molecule has 5 heteroatoms. The molecule has 0 aliphatic carbocycles. The first-order chi connectivity index (χ1) is 12.5. The van der Waals surface area contributed by atoms with E-state index in [2.05, 4.69) is 40.5 Å². The number of amides is 2. The Morgan fingerprint density at radius 3 is 2.42 bits per heavy atom. The van der Waals surface area contributed by atoms with Crippen molar-refractivity contribution in [3.05, 3.63) is 59.4 Å². The summed E-state index contributed by atoms with van der Waals surface area (Å²) in [6, 6.07) is 13.2. The lowest BCUT2D eigenvalue weighted by molar-refractivity contribution is 0.262. The van der Waals surface area contributed by atoms with Crippen molar-refractivity contribution in [3.8, 4) is 0 Å². The molecule has 1 unspecified atom stereocenters. The average Bonchev–Trinajstić information content (AvgIpc) is 2.62. The normalized spacial score (nSPS) is 12.0. The van der Waals surface area contributed by atoms with E-state index >= 15 is 0 Å². The second-order valence-electron chi connectivity index (χ2n) is 6.57. The molecular weight excluding hydrogens is 324 g/mol. The summed E-state index contributed by atoms with van der Waals surface area (Å²) in [4.78, 5) is 21.5. The molecule has 0 saturated carbocycles. The molecule has 0 bridgehead atoms. The minimum Gasteiger partial charge on any atom is -0.308 e. The minimum atomic E-state index is -0.267. The average molecular weight is 348 g/mol. The van der Waals surface area contributed by atoms with Crippen molar-refractivity contribution in [2.24, 2.45) is 0 Å². The summed E-state index contributed by atoms with van der Waals surface area (Å²) in [6.45, 7) is 8.17. The van der Waals surface area contributed by atoms with Crippen LogP contribution in [0.25, 0.3) is 11.0 Å². The molecule has 0 aliphatic heterocycles. The van der Waals surface area contributed by atoms with Crippen LogP contribution in [0.1, 0.15) is 43.1 Å². The van der Waals surface area contributed by atoms with E-state index in [1.165, 1.54) is 0 Å². The molecule has 1 atom stereocenters. The van der Waals surface area contributed by atoms with Crippen molar-refractivity contribution in [2.75, 3.05) is 10.6 Å². The Labute approximate surface area is 153 Å². The van der Waals surface area contributed by atoms with Crippen LogP contribution in [-0.2, 0) is 0 Å². The van der Waals surface area contributed by atoms with Crippen LogP contribution in [0.15, 0.2) is 42.5 Å². The Hall–Kier alpha value is -2.95. The van der Waals surface area contributed by atoms with Gasteiger partial charge in [0, 0.05) is 11.4 Å². The topological polar surface area (TPSA) is 66.9 Å². The van der Waals surface area contributed by atoms with E-state index in [1.54, 1.807) is 0 Å². The van der Waals surface area contributed by atoms with Gasteiger partial charge < -0.3 is 10.6 Å². The fourth-order valence-corrected chi connectivity index (χ4v) is 2.85. The number of hydrogen-bond donors (Lipinski definition) is 2. The molecule has 134 valence electrons. The van der Waals surface area contributed by atoms with Gasteiger partial charge in [0.15, 0.2) is 0 Å². The molecule has 0 aliphatic rings. The third kappa shape index (κ3) is 3.82. The molecule has 0 spiro atoms. The first-order valence-electron chi connectivity index (χ1n) is 8.90. The first-order valence-corrected chi connectivity index (χ1v) is 8.90. The van der Waals surface area contributed by atoms with Gasteiger partial charge in [0.25, 0.3) is 0 Å². The molecular formula is C21H24N4O. The number of rotatable bonds is 4. The summed E-state index contributed by atoms with van der Waals surface area (Å²) in [6.07, 6.45) is 1.02. The van der Waals surface area contributed by atoms with Crippen LogP contribution < -0.4 is 10.6 Å². The van der Waals surface area contributed by atoms with Gasteiger partial charge in [-0.1, -0.05) is 32.0 Å². The number of urea groups is 1. The van der Waals surface area contributed by atoms with Gasteiger partial charge in [0.1, 0.15) is 0 Å².